The molecule has 4 aromatic rings. The van der Waals surface area contributed by atoms with Gasteiger partial charge in [-0.15, -0.1) is 10.2 Å². The summed E-state index contributed by atoms with van der Waals surface area (Å²) in [6.07, 6.45) is 0.293. The van der Waals surface area contributed by atoms with Gasteiger partial charge in [0.05, 0.1) is 24.8 Å². The van der Waals surface area contributed by atoms with E-state index in [0.29, 0.717) is 11.1 Å². The molecular formula is C30H31FN6O6. The number of nitrogens with one attached hydrogen (secondary N) is 2. The van der Waals surface area contributed by atoms with Gasteiger partial charge in [-0.2, -0.15) is 0 Å². The minimum Gasteiger partial charge on any atom is -0.453 e. The lowest BCUT2D eigenvalue weighted by molar-refractivity contribution is -0.122. The maximum absolute atomic E-state index is 13.8. The minimum atomic E-state index is -1.08. The average Bonchev–Trinajstić information content (AvgIpc) is 3.49. The zero-order valence-electron chi connectivity index (χ0n) is 24.3. The first-order valence-electron chi connectivity index (χ1n) is 13.4. The number of nitrogens with zero attached hydrogens (tertiary/aromatic N) is 4. The maximum atomic E-state index is 13.8. The van der Waals surface area contributed by atoms with Crippen molar-refractivity contribution in [3.63, 3.8) is 0 Å². The molecule has 4 rings (SSSR count). The van der Waals surface area contributed by atoms with Crippen LogP contribution in [0.1, 0.15) is 49.8 Å². The smallest absolute Gasteiger partial charge is 0.411 e. The predicted octanol–water partition coefficient (Wildman–Crippen LogP) is 3.96. The Bertz CT molecular complexity index is 1700. The summed E-state index contributed by atoms with van der Waals surface area (Å²) in [5.41, 5.74) is -0.693. The van der Waals surface area contributed by atoms with Crippen LogP contribution in [0, 0.1) is 11.7 Å². The van der Waals surface area contributed by atoms with Gasteiger partial charge in [-0.25, -0.2) is 14.2 Å². The molecule has 43 heavy (non-hydrogen) atoms. The Kier molecular flexibility index (Phi) is 9.12. The van der Waals surface area contributed by atoms with Gasteiger partial charge in [0.2, 0.25) is 17.6 Å². The number of anilines is 1. The van der Waals surface area contributed by atoms with Gasteiger partial charge in [0.1, 0.15) is 23.9 Å². The number of amides is 2. The van der Waals surface area contributed by atoms with Crippen LogP contribution in [0.3, 0.4) is 0 Å². The van der Waals surface area contributed by atoms with E-state index in [9.17, 15) is 23.6 Å². The van der Waals surface area contributed by atoms with Gasteiger partial charge in [-0.3, -0.25) is 24.3 Å². The van der Waals surface area contributed by atoms with E-state index in [2.05, 4.69) is 30.6 Å². The molecule has 0 radical (unpaired) electrons. The largest absolute Gasteiger partial charge is 0.453 e. The predicted molar refractivity (Wildman–Crippen MR) is 154 cm³/mol. The molecule has 0 aliphatic heterocycles. The fourth-order valence-electron chi connectivity index (χ4n) is 4.31. The quantitative estimate of drug-likeness (QED) is 0.261. The first kappa shape index (κ1) is 30.8. The molecule has 1 unspecified atom stereocenters. The summed E-state index contributed by atoms with van der Waals surface area (Å²) in [5.74, 6) is -2.21. The van der Waals surface area contributed by atoms with Crippen LogP contribution >= 0.6 is 0 Å². The van der Waals surface area contributed by atoms with Gasteiger partial charge in [0, 0.05) is 5.56 Å². The van der Waals surface area contributed by atoms with Gasteiger partial charge in [-0.05, 0) is 37.5 Å². The van der Waals surface area contributed by atoms with Gasteiger partial charge in [0.15, 0.2) is 0 Å². The minimum absolute atomic E-state index is 0.0929. The highest BCUT2D eigenvalue weighted by atomic mass is 19.1. The topological polar surface area (TPSA) is 158 Å². The normalized spacial score (nSPS) is 12.1. The number of ether oxygens (including phenoxy) is 1. The Hall–Kier alpha value is -5.20. The van der Waals surface area contributed by atoms with E-state index in [0.717, 1.165) is 11.7 Å². The molecule has 0 fully saturated rings. The number of benzene rings is 2. The first-order chi connectivity index (χ1) is 20.4. The van der Waals surface area contributed by atoms with E-state index >= 15 is 0 Å². The number of carbonyl (C=O) groups excluding carboxylic acids is 3. The third-order valence-electron chi connectivity index (χ3n) is 6.79. The third-order valence-corrected chi connectivity index (χ3v) is 6.79. The van der Waals surface area contributed by atoms with Crippen LogP contribution in [0.4, 0.5) is 14.9 Å². The zero-order chi connectivity index (χ0) is 31.3. The van der Waals surface area contributed by atoms with Crippen molar-refractivity contribution in [2.75, 3.05) is 12.4 Å². The Morgan fingerprint density at radius 2 is 1.79 bits per heavy atom. The lowest BCUT2D eigenvalue weighted by atomic mass is 9.84. The molecule has 2 heterocycles. The molecule has 0 spiro atoms. The molecule has 0 bridgehead atoms. The summed E-state index contributed by atoms with van der Waals surface area (Å²) in [5, 5.41) is 12.9. The fourth-order valence-corrected chi connectivity index (χ4v) is 4.31. The number of carbonyl (C=O) groups is 3. The summed E-state index contributed by atoms with van der Waals surface area (Å²) in [7, 11) is 1.14. The summed E-state index contributed by atoms with van der Waals surface area (Å²) in [6, 6.07) is 13.5. The number of aromatic nitrogens is 4. The van der Waals surface area contributed by atoms with Crippen molar-refractivity contribution in [1.82, 2.24) is 25.1 Å². The summed E-state index contributed by atoms with van der Waals surface area (Å²) in [4.78, 5) is 56.1. The maximum Gasteiger partial charge on any atom is 0.411 e. The van der Waals surface area contributed by atoms with Gasteiger partial charge < -0.3 is 14.5 Å². The second-order valence-corrected chi connectivity index (χ2v) is 10.6. The highest BCUT2D eigenvalue weighted by Gasteiger charge is 2.34. The monoisotopic (exact) mass is 590 g/mol. The number of rotatable bonds is 10. The van der Waals surface area contributed by atoms with Crippen molar-refractivity contribution in [2.45, 2.75) is 45.7 Å². The Morgan fingerprint density at radius 1 is 1.07 bits per heavy atom. The third kappa shape index (κ3) is 6.83. The molecular weight excluding hydrogens is 559 g/mol. The van der Waals surface area contributed by atoms with E-state index in [1.807, 2.05) is 0 Å². The van der Waals surface area contributed by atoms with Crippen LogP contribution in [0.25, 0.3) is 11.4 Å². The van der Waals surface area contributed by atoms with Crippen LogP contribution < -0.4 is 16.2 Å². The van der Waals surface area contributed by atoms with Crippen molar-refractivity contribution < 1.29 is 27.9 Å². The highest BCUT2D eigenvalue weighted by molar-refractivity contribution is 5.98. The number of hydrogen-bond donors (Lipinski definition) is 2. The fraction of sp³-hybridized carbons (Fsp3) is 0.300. The van der Waals surface area contributed by atoms with Crippen LogP contribution in [-0.4, -0.2) is 50.7 Å². The van der Waals surface area contributed by atoms with Crippen molar-refractivity contribution in [2.24, 2.45) is 5.92 Å². The zero-order valence-corrected chi connectivity index (χ0v) is 24.3. The van der Waals surface area contributed by atoms with Crippen LogP contribution in [0.2, 0.25) is 0 Å². The van der Waals surface area contributed by atoms with E-state index < -0.39 is 53.1 Å². The van der Waals surface area contributed by atoms with Crippen molar-refractivity contribution in [3.05, 3.63) is 94.3 Å². The summed E-state index contributed by atoms with van der Waals surface area (Å²) >= 11 is 0. The molecule has 1 atom stereocenters. The lowest BCUT2D eigenvalue weighted by Gasteiger charge is -2.21. The van der Waals surface area contributed by atoms with Gasteiger partial charge >= 0.3 is 6.09 Å². The Labute approximate surface area is 246 Å². The number of hydrogen-bond acceptors (Lipinski definition) is 9. The molecule has 0 saturated heterocycles. The standard InChI is InChI=1S/C30H31FN6O6/c1-17(2)23(24(39)26-35-36-28(43-26)30(3,4)19-12-9-13-20(31)14-19)34-22(38)16-37-25(18-10-7-6-8-11-18)32-15-21(27(37)40)33-29(41)42-5/h6-15,17,23H,16H2,1-5H3,(H,33,41)(H,34,38). The number of Topliss-reactive ketones (excluding diaryl/α,β-unsaturated/α-hetero) is 1. The Balaban J connectivity index is 1.60. The molecule has 2 N–H and O–H groups in total. The highest BCUT2D eigenvalue weighted by Crippen LogP contribution is 2.31. The second kappa shape index (κ2) is 12.8. The molecule has 2 aromatic carbocycles. The molecule has 2 amide bonds. The SMILES string of the molecule is COC(=O)Nc1cnc(-c2ccccc2)n(CC(=O)NC(C(=O)c2nnc(C(C)(C)c3cccc(F)c3)o2)C(C)C)c1=O. The molecule has 0 saturated carbocycles. The summed E-state index contributed by atoms with van der Waals surface area (Å²) in [6.45, 7) is 6.43. The molecule has 224 valence electrons. The first-order valence-corrected chi connectivity index (χ1v) is 13.4. The molecule has 2 aromatic heterocycles. The molecule has 13 heteroatoms. The van der Waals surface area contributed by atoms with E-state index in [-0.39, 0.29) is 23.3 Å². The Morgan fingerprint density at radius 3 is 2.44 bits per heavy atom. The molecule has 12 nitrogen and oxygen atoms in total. The van der Waals surface area contributed by atoms with E-state index in [1.165, 1.54) is 18.3 Å². The summed E-state index contributed by atoms with van der Waals surface area (Å²) < 4.78 is 25.2. The van der Waals surface area contributed by atoms with E-state index in [4.69, 9.17) is 4.42 Å². The number of methoxy groups -OCH3 is 1. The van der Waals surface area contributed by atoms with Crippen LogP contribution in [0.5, 0.6) is 0 Å². The van der Waals surface area contributed by atoms with Crippen molar-refractivity contribution in [1.29, 1.82) is 0 Å². The molecule has 0 aliphatic carbocycles. The van der Waals surface area contributed by atoms with Gasteiger partial charge in [-0.1, -0.05) is 56.3 Å². The van der Waals surface area contributed by atoms with Crippen molar-refractivity contribution in [3.8, 4) is 11.4 Å². The molecule has 0 aliphatic rings. The van der Waals surface area contributed by atoms with Gasteiger partial charge in [0.25, 0.3) is 11.4 Å². The van der Waals surface area contributed by atoms with Crippen molar-refractivity contribution >= 4 is 23.5 Å². The number of ketones is 1. The van der Waals surface area contributed by atoms with Crippen LogP contribution in [0.15, 0.2) is 70.0 Å². The lowest BCUT2D eigenvalue weighted by Crippen LogP contribution is -2.46. The van der Waals surface area contributed by atoms with E-state index in [1.54, 1.807) is 70.2 Å². The number of halogens is 1. The average molecular weight is 591 g/mol. The second-order valence-electron chi connectivity index (χ2n) is 10.6. The van der Waals surface area contributed by atoms with Crippen LogP contribution in [-0.2, 0) is 21.5 Å².